The lowest BCUT2D eigenvalue weighted by molar-refractivity contribution is -0.117. The Balaban J connectivity index is 2.16. The lowest BCUT2D eigenvalue weighted by Gasteiger charge is -1.96. The molecule has 0 aliphatic carbocycles. The van der Waals surface area contributed by atoms with E-state index in [4.69, 9.17) is 4.42 Å². The molecule has 1 heterocycles. The van der Waals surface area contributed by atoms with Crippen molar-refractivity contribution in [3.63, 3.8) is 0 Å². The molecule has 0 saturated carbocycles. The number of Topliss-reactive ketones (excluding diaryl/α,β-unsaturated/α-hetero) is 1. The van der Waals surface area contributed by atoms with Crippen LogP contribution in [-0.2, 0) is 16.0 Å². The smallest absolute Gasteiger partial charge is 0.337 e. The number of benzene rings is 1. The summed E-state index contributed by atoms with van der Waals surface area (Å²) < 4.78 is 10.2. The van der Waals surface area contributed by atoms with E-state index in [-0.39, 0.29) is 5.78 Å². The van der Waals surface area contributed by atoms with E-state index in [0.29, 0.717) is 41.8 Å². The van der Waals surface area contributed by atoms with E-state index in [2.05, 4.69) is 9.72 Å². The molecule has 1 aromatic heterocycles. The molecule has 2 rings (SSSR count). The van der Waals surface area contributed by atoms with Crippen LogP contribution in [0.3, 0.4) is 0 Å². The Labute approximate surface area is 110 Å². The topological polar surface area (TPSA) is 69.4 Å². The molecule has 0 aliphatic rings. The van der Waals surface area contributed by atoms with Gasteiger partial charge in [-0.25, -0.2) is 9.78 Å². The van der Waals surface area contributed by atoms with Crippen LogP contribution in [-0.4, -0.2) is 23.8 Å². The number of rotatable bonds is 5. The largest absolute Gasteiger partial charge is 0.465 e. The minimum absolute atomic E-state index is 0.157. The zero-order valence-corrected chi connectivity index (χ0v) is 10.9. The van der Waals surface area contributed by atoms with Crippen molar-refractivity contribution in [1.29, 1.82) is 0 Å². The molecule has 0 fully saturated rings. The van der Waals surface area contributed by atoms with E-state index in [1.165, 1.54) is 7.11 Å². The standard InChI is InChI=1S/C14H15NO4/c1-9(16)4-3-5-13-15-11-8-10(14(17)18-2)6-7-12(11)19-13/h6-8H,3-5H2,1-2H3. The second kappa shape index (κ2) is 5.65. The molecular formula is C14H15NO4. The van der Waals surface area contributed by atoms with Crippen LogP contribution in [0.5, 0.6) is 0 Å². The molecule has 0 spiro atoms. The Hall–Kier alpha value is -2.17. The second-order valence-corrected chi connectivity index (χ2v) is 4.34. The van der Waals surface area contributed by atoms with Gasteiger partial charge in [-0.3, -0.25) is 0 Å². The van der Waals surface area contributed by atoms with Crippen molar-refractivity contribution < 1.29 is 18.7 Å². The molecule has 5 heteroatoms. The third kappa shape index (κ3) is 3.19. The van der Waals surface area contributed by atoms with Gasteiger partial charge >= 0.3 is 5.97 Å². The molecule has 0 amide bonds. The van der Waals surface area contributed by atoms with Gasteiger partial charge in [0.05, 0.1) is 12.7 Å². The van der Waals surface area contributed by atoms with Gasteiger partial charge in [0.25, 0.3) is 0 Å². The second-order valence-electron chi connectivity index (χ2n) is 4.34. The van der Waals surface area contributed by atoms with Gasteiger partial charge in [-0.15, -0.1) is 0 Å². The summed E-state index contributed by atoms with van der Waals surface area (Å²) in [5.41, 5.74) is 1.70. The van der Waals surface area contributed by atoms with E-state index in [0.717, 1.165) is 0 Å². The number of ketones is 1. The molecule has 0 aliphatic heterocycles. The van der Waals surface area contributed by atoms with Crippen molar-refractivity contribution in [2.24, 2.45) is 0 Å². The van der Waals surface area contributed by atoms with Crippen molar-refractivity contribution in [1.82, 2.24) is 4.98 Å². The van der Waals surface area contributed by atoms with Crippen LogP contribution in [0, 0.1) is 0 Å². The van der Waals surface area contributed by atoms with Crippen LogP contribution >= 0.6 is 0 Å². The van der Waals surface area contributed by atoms with Crippen LogP contribution in [0.1, 0.15) is 36.0 Å². The minimum Gasteiger partial charge on any atom is -0.465 e. The molecule has 2 aromatic rings. The van der Waals surface area contributed by atoms with Crippen molar-refractivity contribution in [3.8, 4) is 0 Å². The highest BCUT2D eigenvalue weighted by Gasteiger charge is 2.10. The predicted molar refractivity (Wildman–Crippen MR) is 69.0 cm³/mol. The highest BCUT2D eigenvalue weighted by Crippen LogP contribution is 2.19. The van der Waals surface area contributed by atoms with Gasteiger partial charge in [0.1, 0.15) is 11.3 Å². The number of oxazole rings is 1. The van der Waals surface area contributed by atoms with Gasteiger partial charge < -0.3 is 13.9 Å². The normalized spacial score (nSPS) is 10.6. The number of fused-ring (bicyclic) bond motifs is 1. The average molecular weight is 261 g/mol. The molecular weight excluding hydrogens is 246 g/mol. The summed E-state index contributed by atoms with van der Waals surface area (Å²) in [5, 5.41) is 0. The summed E-state index contributed by atoms with van der Waals surface area (Å²) in [4.78, 5) is 26.6. The van der Waals surface area contributed by atoms with E-state index in [9.17, 15) is 9.59 Å². The number of hydrogen-bond acceptors (Lipinski definition) is 5. The lowest BCUT2D eigenvalue weighted by Crippen LogP contribution is -2.00. The molecule has 5 nitrogen and oxygen atoms in total. The van der Waals surface area contributed by atoms with Crippen LogP contribution in [0.25, 0.3) is 11.1 Å². The number of aryl methyl sites for hydroxylation is 1. The monoisotopic (exact) mass is 261 g/mol. The van der Waals surface area contributed by atoms with Crippen molar-refractivity contribution >= 4 is 22.9 Å². The maximum atomic E-state index is 11.4. The Morgan fingerprint density at radius 1 is 1.37 bits per heavy atom. The number of methoxy groups -OCH3 is 1. The maximum absolute atomic E-state index is 11.4. The molecule has 0 unspecified atom stereocenters. The molecule has 0 saturated heterocycles. The number of hydrogen-bond donors (Lipinski definition) is 0. The summed E-state index contributed by atoms with van der Waals surface area (Å²) >= 11 is 0. The highest BCUT2D eigenvalue weighted by atomic mass is 16.5. The third-order valence-electron chi connectivity index (χ3n) is 2.77. The third-order valence-corrected chi connectivity index (χ3v) is 2.77. The number of carbonyl (C=O) groups is 2. The van der Waals surface area contributed by atoms with Crippen LogP contribution < -0.4 is 0 Å². The van der Waals surface area contributed by atoms with Gasteiger partial charge in [0.2, 0.25) is 0 Å². The summed E-state index contributed by atoms with van der Waals surface area (Å²) in [6.07, 6.45) is 1.85. The van der Waals surface area contributed by atoms with Gasteiger partial charge in [0, 0.05) is 12.8 Å². The van der Waals surface area contributed by atoms with E-state index >= 15 is 0 Å². The van der Waals surface area contributed by atoms with Crippen LogP contribution in [0.2, 0.25) is 0 Å². The Kier molecular flexibility index (Phi) is 3.94. The SMILES string of the molecule is COC(=O)c1ccc2oc(CCCC(C)=O)nc2c1. The number of esters is 1. The number of carbonyl (C=O) groups excluding carboxylic acids is 2. The van der Waals surface area contributed by atoms with E-state index < -0.39 is 5.97 Å². The van der Waals surface area contributed by atoms with Crippen LogP contribution in [0.4, 0.5) is 0 Å². The first kappa shape index (κ1) is 13.3. The van der Waals surface area contributed by atoms with Gasteiger partial charge in [-0.1, -0.05) is 0 Å². The Morgan fingerprint density at radius 2 is 2.16 bits per heavy atom. The quantitative estimate of drug-likeness (QED) is 0.773. The summed E-state index contributed by atoms with van der Waals surface area (Å²) in [6.45, 7) is 1.56. The summed E-state index contributed by atoms with van der Waals surface area (Å²) in [7, 11) is 1.34. The average Bonchev–Trinajstić information content (AvgIpc) is 2.78. The fraction of sp³-hybridized carbons (Fsp3) is 0.357. The van der Waals surface area contributed by atoms with E-state index in [1.807, 2.05) is 0 Å². The first-order valence-corrected chi connectivity index (χ1v) is 6.07. The molecule has 1 aromatic carbocycles. The summed E-state index contributed by atoms with van der Waals surface area (Å²) in [5.74, 6) is 0.338. The highest BCUT2D eigenvalue weighted by molar-refractivity contribution is 5.93. The lowest BCUT2D eigenvalue weighted by atomic mass is 10.2. The molecule has 0 N–H and O–H groups in total. The predicted octanol–water partition coefficient (Wildman–Crippen LogP) is 2.53. The molecule has 100 valence electrons. The zero-order valence-electron chi connectivity index (χ0n) is 10.9. The molecule has 0 bridgehead atoms. The van der Waals surface area contributed by atoms with Gasteiger partial charge in [-0.2, -0.15) is 0 Å². The number of aromatic nitrogens is 1. The maximum Gasteiger partial charge on any atom is 0.337 e. The summed E-state index contributed by atoms with van der Waals surface area (Å²) in [6, 6.07) is 4.97. The zero-order chi connectivity index (χ0) is 13.8. The van der Waals surface area contributed by atoms with Gasteiger partial charge in [0.15, 0.2) is 11.5 Å². The number of nitrogens with zero attached hydrogens (tertiary/aromatic N) is 1. The fourth-order valence-electron chi connectivity index (χ4n) is 1.82. The Morgan fingerprint density at radius 3 is 2.84 bits per heavy atom. The molecule has 19 heavy (non-hydrogen) atoms. The van der Waals surface area contributed by atoms with Crippen molar-refractivity contribution in [2.45, 2.75) is 26.2 Å². The number of ether oxygens (including phenoxy) is 1. The Bertz CT molecular complexity index is 615. The van der Waals surface area contributed by atoms with E-state index in [1.54, 1.807) is 25.1 Å². The first-order chi connectivity index (χ1) is 9.10. The van der Waals surface area contributed by atoms with Gasteiger partial charge in [-0.05, 0) is 31.5 Å². The van der Waals surface area contributed by atoms with Crippen LogP contribution in [0.15, 0.2) is 22.6 Å². The van der Waals surface area contributed by atoms with Crippen molar-refractivity contribution in [2.75, 3.05) is 7.11 Å². The fourth-order valence-corrected chi connectivity index (χ4v) is 1.82. The van der Waals surface area contributed by atoms with Crippen molar-refractivity contribution in [3.05, 3.63) is 29.7 Å². The molecule has 0 atom stereocenters. The minimum atomic E-state index is -0.400. The first-order valence-electron chi connectivity index (χ1n) is 6.07. The molecule has 0 radical (unpaired) electrons.